The van der Waals surface area contributed by atoms with Gasteiger partial charge in [0.2, 0.25) is 0 Å². The largest absolute Gasteiger partial charge is 0.336 e. The summed E-state index contributed by atoms with van der Waals surface area (Å²) in [6.45, 7) is 12.4. The van der Waals surface area contributed by atoms with Crippen molar-refractivity contribution in [3.63, 3.8) is 0 Å². The van der Waals surface area contributed by atoms with E-state index in [-0.39, 0.29) is 5.91 Å². The Labute approximate surface area is 122 Å². The first kappa shape index (κ1) is 15.0. The zero-order valence-electron chi connectivity index (χ0n) is 13.1. The summed E-state index contributed by atoms with van der Waals surface area (Å²) < 4.78 is 0. The Morgan fingerprint density at radius 3 is 2.25 bits per heavy atom. The summed E-state index contributed by atoms with van der Waals surface area (Å²) in [6.07, 6.45) is 0. The van der Waals surface area contributed by atoms with Gasteiger partial charge in [-0.1, -0.05) is 26.0 Å². The molecule has 0 unspecified atom stereocenters. The molecule has 0 saturated carbocycles. The first-order valence-electron chi connectivity index (χ1n) is 7.62. The molecule has 3 heteroatoms. The van der Waals surface area contributed by atoms with Gasteiger partial charge in [-0.25, -0.2) is 0 Å². The molecule has 2 rings (SSSR count). The standard InChI is InChI=1S/C17H26N2O/c1-13(2)15-6-5-7-16(12-15)17(20)19-10-8-18(9-11-19)14(3)4/h5-7,12-14H,8-11H2,1-4H3. The van der Waals surface area contributed by atoms with Crippen molar-refractivity contribution >= 4 is 5.91 Å². The first-order chi connectivity index (χ1) is 9.49. The maximum Gasteiger partial charge on any atom is 0.253 e. The molecule has 1 aromatic rings. The predicted molar refractivity (Wildman–Crippen MR) is 83.1 cm³/mol. The molecule has 1 fully saturated rings. The lowest BCUT2D eigenvalue weighted by molar-refractivity contribution is 0.0595. The molecule has 1 heterocycles. The van der Waals surface area contributed by atoms with E-state index in [4.69, 9.17) is 0 Å². The van der Waals surface area contributed by atoms with Crippen molar-refractivity contribution in [3.8, 4) is 0 Å². The fourth-order valence-electron chi connectivity index (χ4n) is 2.65. The van der Waals surface area contributed by atoms with Gasteiger partial charge in [-0.2, -0.15) is 0 Å². The fourth-order valence-corrected chi connectivity index (χ4v) is 2.65. The van der Waals surface area contributed by atoms with Crippen LogP contribution in [-0.2, 0) is 0 Å². The molecule has 110 valence electrons. The molecule has 0 radical (unpaired) electrons. The minimum Gasteiger partial charge on any atom is -0.336 e. The number of nitrogens with zero attached hydrogens (tertiary/aromatic N) is 2. The van der Waals surface area contributed by atoms with Crippen molar-refractivity contribution in [3.05, 3.63) is 35.4 Å². The van der Waals surface area contributed by atoms with Crippen LogP contribution in [0.4, 0.5) is 0 Å². The van der Waals surface area contributed by atoms with Gasteiger partial charge in [-0.05, 0) is 37.5 Å². The van der Waals surface area contributed by atoms with E-state index in [1.54, 1.807) is 0 Å². The van der Waals surface area contributed by atoms with Crippen LogP contribution in [0.3, 0.4) is 0 Å². The topological polar surface area (TPSA) is 23.6 Å². The maximum absolute atomic E-state index is 12.6. The summed E-state index contributed by atoms with van der Waals surface area (Å²) in [4.78, 5) is 17.0. The van der Waals surface area contributed by atoms with Crippen LogP contribution in [0, 0.1) is 0 Å². The second kappa shape index (κ2) is 6.40. The Morgan fingerprint density at radius 2 is 1.70 bits per heavy atom. The minimum atomic E-state index is 0.177. The Balaban J connectivity index is 2.03. The van der Waals surface area contributed by atoms with Gasteiger partial charge in [0.1, 0.15) is 0 Å². The normalized spacial score (nSPS) is 17.0. The number of amides is 1. The molecule has 0 spiro atoms. The molecule has 3 nitrogen and oxygen atoms in total. The molecule has 20 heavy (non-hydrogen) atoms. The smallest absolute Gasteiger partial charge is 0.253 e. The van der Waals surface area contributed by atoms with Crippen molar-refractivity contribution < 1.29 is 4.79 Å². The summed E-state index contributed by atoms with van der Waals surface area (Å²) in [6, 6.07) is 8.63. The molecule has 0 aliphatic carbocycles. The third-order valence-corrected chi connectivity index (χ3v) is 4.13. The van der Waals surface area contributed by atoms with E-state index in [0.29, 0.717) is 12.0 Å². The Bertz CT molecular complexity index is 460. The van der Waals surface area contributed by atoms with Crippen LogP contribution in [0.1, 0.15) is 49.5 Å². The highest BCUT2D eigenvalue weighted by atomic mass is 16.2. The Kier molecular flexibility index (Phi) is 4.81. The van der Waals surface area contributed by atoms with Gasteiger partial charge in [0.15, 0.2) is 0 Å². The van der Waals surface area contributed by atoms with Gasteiger partial charge in [-0.15, -0.1) is 0 Å². The van der Waals surface area contributed by atoms with E-state index in [1.165, 1.54) is 5.56 Å². The Morgan fingerprint density at radius 1 is 1.05 bits per heavy atom. The second-order valence-electron chi connectivity index (χ2n) is 6.20. The summed E-state index contributed by atoms with van der Waals surface area (Å²) in [5.41, 5.74) is 2.06. The number of carbonyl (C=O) groups is 1. The lowest BCUT2D eigenvalue weighted by atomic mass is 10.0. The van der Waals surface area contributed by atoms with Crippen LogP contribution >= 0.6 is 0 Å². The van der Waals surface area contributed by atoms with Gasteiger partial charge < -0.3 is 4.90 Å². The van der Waals surface area contributed by atoms with Crippen LogP contribution in [0.2, 0.25) is 0 Å². The third kappa shape index (κ3) is 3.40. The molecule has 1 aliphatic heterocycles. The molecular formula is C17H26N2O. The highest BCUT2D eigenvalue weighted by Gasteiger charge is 2.23. The molecule has 1 saturated heterocycles. The monoisotopic (exact) mass is 274 g/mol. The lowest BCUT2D eigenvalue weighted by Crippen LogP contribution is -2.50. The summed E-state index contributed by atoms with van der Waals surface area (Å²) >= 11 is 0. The van der Waals surface area contributed by atoms with E-state index in [9.17, 15) is 4.79 Å². The summed E-state index contributed by atoms with van der Waals surface area (Å²) in [7, 11) is 0. The average Bonchev–Trinajstić information content (AvgIpc) is 2.46. The van der Waals surface area contributed by atoms with E-state index in [2.05, 4.69) is 38.7 Å². The fraction of sp³-hybridized carbons (Fsp3) is 0.588. The number of piperazine rings is 1. The Hall–Kier alpha value is -1.35. The van der Waals surface area contributed by atoms with Gasteiger partial charge in [0.25, 0.3) is 5.91 Å². The predicted octanol–water partition coefficient (Wildman–Crippen LogP) is 2.98. The molecule has 0 aromatic heterocycles. The van der Waals surface area contributed by atoms with Gasteiger partial charge in [0.05, 0.1) is 0 Å². The molecule has 0 bridgehead atoms. The number of benzene rings is 1. The number of rotatable bonds is 3. The van der Waals surface area contributed by atoms with Gasteiger partial charge in [-0.3, -0.25) is 9.69 Å². The van der Waals surface area contributed by atoms with Crippen LogP contribution in [-0.4, -0.2) is 47.9 Å². The third-order valence-electron chi connectivity index (χ3n) is 4.13. The number of hydrogen-bond donors (Lipinski definition) is 0. The quantitative estimate of drug-likeness (QED) is 0.846. The van der Waals surface area contributed by atoms with Crippen LogP contribution in [0.15, 0.2) is 24.3 Å². The maximum atomic E-state index is 12.6. The van der Waals surface area contributed by atoms with Crippen molar-refractivity contribution in [2.45, 2.75) is 39.7 Å². The zero-order valence-corrected chi connectivity index (χ0v) is 13.1. The van der Waals surface area contributed by atoms with Crippen molar-refractivity contribution in [1.29, 1.82) is 0 Å². The zero-order chi connectivity index (χ0) is 14.7. The van der Waals surface area contributed by atoms with Gasteiger partial charge >= 0.3 is 0 Å². The van der Waals surface area contributed by atoms with Crippen LogP contribution in [0.5, 0.6) is 0 Å². The number of carbonyl (C=O) groups excluding carboxylic acids is 1. The number of hydrogen-bond acceptors (Lipinski definition) is 2. The van der Waals surface area contributed by atoms with Crippen LogP contribution in [0.25, 0.3) is 0 Å². The summed E-state index contributed by atoms with van der Waals surface area (Å²) in [5.74, 6) is 0.636. The molecule has 1 aliphatic rings. The van der Waals surface area contributed by atoms with Gasteiger partial charge in [0, 0.05) is 37.8 Å². The van der Waals surface area contributed by atoms with E-state index >= 15 is 0 Å². The summed E-state index contributed by atoms with van der Waals surface area (Å²) in [5, 5.41) is 0. The highest BCUT2D eigenvalue weighted by molar-refractivity contribution is 5.94. The highest BCUT2D eigenvalue weighted by Crippen LogP contribution is 2.17. The first-order valence-corrected chi connectivity index (χ1v) is 7.62. The van der Waals surface area contributed by atoms with Crippen molar-refractivity contribution in [1.82, 2.24) is 9.80 Å². The van der Waals surface area contributed by atoms with Crippen molar-refractivity contribution in [2.24, 2.45) is 0 Å². The van der Waals surface area contributed by atoms with Crippen LogP contribution < -0.4 is 0 Å². The molecule has 1 amide bonds. The van der Waals surface area contributed by atoms with Crippen molar-refractivity contribution in [2.75, 3.05) is 26.2 Å². The lowest BCUT2D eigenvalue weighted by Gasteiger charge is -2.37. The molecule has 1 aromatic carbocycles. The van der Waals surface area contributed by atoms with E-state index in [1.807, 2.05) is 23.1 Å². The second-order valence-corrected chi connectivity index (χ2v) is 6.20. The van der Waals surface area contributed by atoms with E-state index < -0.39 is 0 Å². The molecule has 0 N–H and O–H groups in total. The molecule has 0 atom stereocenters. The minimum absolute atomic E-state index is 0.177. The molecular weight excluding hydrogens is 248 g/mol. The van der Waals surface area contributed by atoms with E-state index in [0.717, 1.165) is 31.7 Å². The average molecular weight is 274 g/mol. The SMILES string of the molecule is CC(C)c1cccc(C(=O)N2CCN(C(C)C)CC2)c1.